The van der Waals surface area contributed by atoms with Crippen molar-refractivity contribution in [3.63, 3.8) is 0 Å². The predicted molar refractivity (Wildman–Crippen MR) is 84.0 cm³/mol. The Morgan fingerprint density at radius 1 is 1.40 bits per heavy atom. The third-order valence-corrected chi connectivity index (χ3v) is 4.45. The fourth-order valence-corrected chi connectivity index (χ4v) is 3.23. The Bertz CT molecular complexity index is 409. The predicted octanol–water partition coefficient (Wildman–Crippen LogP) is 3.09. The summed E-state index contributed by atoms with van der Waals surface area (Å²) in [4.78, 5) is 2.50. The molecule has 0 amide bonds. The molecular formula is C16H25ClN2O. The molecule has 20 heavy (non-hydrogen) atoms. The van der Waals surface area contributed by atoms with E-state index in [4.69, 9.17) is 22.1 Å². The number of halogens is 1. The molecule has 0 aromatic heterocycles. The van der Waals surface area contributed by atoms with E-state index in [0.29, 0.717) is 5.92 Å². The molecule has 2 rings (SSSR count). The van der Waals surface area contributed by atoms with Crippen LogP contribution in [0.15, 0.2) is 24.3 Å². The molecule has 1 fully saturated rings. The van der Waals surface area contributed by atoms with E-state index in [1.165, 1.54) is 12.0 Å². The molecule has 4 heteroatoms. The lowest BCUT2D eigenvalue weighted by atomic mass is 9.96. The third-order valence-electron chi connectivity index (χ3n) is 4.20. The van der Waals surface area contributed by atoms with Gasteiger partial charge in [-0.1, -0.05) is 30.7 Å². The molecule has 0 saturated carbocycles. The number of methoxy groups -OCH3 is 1. The standard InChI is InChI=1S/C16H25ClN2O/c1-3-15(18)16(13-4-6-14(17)7-5-13)19-9-8-12(10-19)11-20-2/h4-7,12,15-16H,3,8-11,18H2,1-2H3. The van der Waals surface area contributed by atoms with Crippen LogP contribution in [0, 0.1) is 5.92 Å². The summed E-state index contributed by atoms with van der Waals surface area (Å²) in [5, 5.41) is 0.774. The molecule has 0 spiro atoms. The summed E-state index contributed by atoms with van der Waals surface area (Å²) < 4.78 is 5.29. The Labute approximate surface area is 127 Å². The van der Waals surface area contributed by atoms with Gasteiger partial charge >= 0.3 is 0 Å². The van der Waals surface area contributed by atoms with E-state index in [9.17, 15) is 0 Å². The van der Waals surface area contributed by atoms with Gasteiger partial charge in [0, 0.05) is 30.8 Å². The van der Waals surface area contributed by atoms with Crippen LogP contribution in [0.2, 0.25) is 5.02 Å². The number of likely N-dealkylation sites (tertiary alicyclic amines) is 1. The van der Waals surface area contributed by atoms with E-state index >= 15 is 0 Å². The molecule has 1 aromatic rings. The number of rotatable bonds is 6. The molecular weight excluding hydrogens is 272 g/mol. The monoisotopic (exact) mass is 296 g/mol. The van der Waals surface area contributed by atoms with E-state index in [0.717, 1.165) is 31.1 Å². The lowest BCUT2D eigenvalue weighted by molar-refractivity contribution is 0.142. The Morgan fingerprint density at radius 2 is 2.10 bits per heavy atom. The molecule has 112 valence electrons. The average Bonchev–Trinajstić information content (AvgIpc) is 2.90. The summed E-state index contributed by atoms with van der Waals surface area (Å²) in [5.74, 6) is 0.624. The van der Waals surface area contributed by atoms with Crippen LogP contribution in [0.1, 0.15) is 31.4 Å². The van der Waals surface area contributed by atoms with Gasteiger partial charge in [-0.2, -0.15) is 0 Å². The van der Waals surface area contributed by atoms with Crippen molar-refractivity contribution in [2.45, 2.75) is 31.8 Å². The maximum absolute atomic E-state index is 6.38. The van der Waals surface area contributed by atoms with Crippen LogP contribution in [0.5, 0.6) is 0 Å². The van der Waals surface area contributed by atoms with Crippen molar-refractivity contribution >= 4 is 11.6 Å². The highest BCUT2D eigenvalue weighted by Gasteiger charge is 2.31. The van der Waals surface area contributed by atoms with E-state index in [1.54, 1.807) is 7.11 Å². The quantitative estimate of drug-likeness (QED) is 0.877. The number of benzene rings is 1. The number of nitrogens with two attached hydrogens (primary N) is 1. The molecule has 0 aliphatic carbocycles. The first-order chi connectivity index (χ1) is 9.65. The number of hydrogen-bond acceptors (Lipinski definition) is 3. The van der Waals surface area contributed by atoms with Crippen LogP contribution >= 0.6 is 11.6 Å². The van der Waals surface area contributed by atoms with Crippen LogP contribution in [-0.4, -0.2) is 37.7 Å². The fraction of sp³-hybridized carbons (Fsp3) is 0.625. The molecule has 0 radical (unpaired) electrons. The zero-order valence-corrected chi connectivity index (χ0v) is 13.1. The molecule has 0 bridgehead atoms. The Kier molecular flexibility index (Phi) is 5.85. The number of nitrogens with zero attached hydrogens (tertiary/aromatic N) is 1. The summed E-state index contributed by atoms with van der Waals surface area (Å²) in [6.07, 6.45) is 2.16. The van der Waals surface area contributed by atoms with Gasteiger partial charge in [0.2, 0.25) is 0 Å². The first kappa shape index (κ1) is 15.8. The van der Waals surface area contributed by atoms with Crippen molar-refractivity contribution in [2.24, 2.45) is 11.7 Å². The van der Waals surface area contributed by atoms with E-state index < -0.39 is 0 Å². The first-order valence-electron chi connectivity index (χ1n) is 7.39. The van der Waals surface area contributed by atoms with Crippen LogP contribution in [0.25, 0.3) is 0 Å². The van der Waals surface area contributed by atoms with Gasteiger partial charge in [0.05, 0.1) is 6.61 Å². The highest BCUT2D eigenvalue weighted by molar-refractivity contribution is 6.30. The van der Waals surface area contributed by atoms with Gasteiger partial charge in [0.25, 0.3) is 0 Å². The smallest absolute Gasteiger partial charge is 0.0503 e. The van der Waals surface area contributed by atoms with Gasteiger partial charge in [-0.15, -0.1) is 0 Å². The van der Waals surface area contributed by atoms with Gasteiger partial charge in [-0.05, 0) is 43.0 Å². The largest absolute Gasteiger partial charge is 0.384 e. The Morgan fingerprint density at radius 3 is 2.70 bits per heavy atom. The second-order valence-electron chi connectivity index (χ2n) is 5.67. The fourth-order valence-electron chi connectivity index (χ4n) is 3.10. The Hall–Kier alpha value is -0.610. The average molecular weight is 297 g/mol. The first-order valence-corrected chi connectivity index (χ1v) is 7.77. The molecule has 1 heterocycles. The van der Waals surface area contributed by atoms with Gasteiger partial charge in [-0.3, -0.25) is 4.90 Å². The molecule has 1 aromatic carbocycles. The van der Waals surface area contributed by atoms with Crippen molar-refractivity contribution < 1.29 is 4.74 Å². The molecule has 1 saturated heterocycles. The van der Waals surface area contributed by atoms with Crippen molar-refractivity contribution in [1.82, 2.24) is 4.90 Å². The zero-order valence-electron chi connectivity index (χ0n) is 12.4. The maximum atomic E-state index is 6.38. The molecule has 3 nitrogen and oxygen atoms in total. The summed E-state index contributed by atoms with van der Waals surface area (Å²) in [6, 6.07) is 8.54. The third kappa shape index (κ3) is 3.73. The summed E-state index contributed by atoms with van der Waals surface area (Å²) in [7, 11) is 1.77. The lowest BCUT2D eigenvalue weighted by Gasteiger charge is -2.33. The van der Waals surface area contributed by atoms with Crippen LogP contribution in [-0.2, 0) is 4.74 Å². The van der Waals surface area contributed by atoms with Crippen molar-refractivity contribution in [3.8, 4) is 0 Å². The van der Waals surface area contributed by atoms with Gasteiger partial charge in [-0.25, -0.2) is 0 Å². The SMILES string of the molecule is CCC(N)C(c1ccc(Cl)cc1)N1CCC(COC)C1. The maximum Gasteiger partial charge on any atom is 0.0503 e. The summed E-state index contributed by atoms with van der Waals surface area (Å²) >= 11 is 5.99. The number of ether oxygens (including phenoxy) is 1. The zero-order chi connectivity index (χ0) is 14.5. The molecule has 3 unspecified atom stereocenters. The van der Waals surface area contributed by atoms with Gasteiger partial charge in [0.15, 0.2) is 0 Å². The van der Waals surface area contributed by atoms with Crippen molar-refractivity contribution in [2.75, 3.05) is 26.8 Å². The van der Waals surface area contributed by atoms with Crippen LogP contribution in [0.4, 0.5) is 0 Å². The number of hydrogen-bond donors (Lipinski definition) is 1. The van der Waals surface area contributed by atoms with E-state index in [-0.39, 0.29) is 12.1 Å². The highest BCUT2D eigenvalue weighted by atomic mass is 35.5. The second kappa shape index (κ2) is 7.41. The minimum atomic E-state index is 0.150. The molecule has 2 N–H and O–H groups in total. The Balaban J connectivity index is 2.14. The molecule has 1 aliphatic rings. The van der Waals surface area contributed by atoms with Crippen LogP contribution in [0.3, 0.4) is 0 Å². The van der Waals surface area contributed by atoms with Crippen LogP contribution < -0.4 is 5.73 Å². The minimum Gasteiger partial charge on any atom is -0.384 e. The van der Waals surface area contributed by atoms with E-state index in [1.807, 2.05) is 12.1 Å². The van der Waals surface area contributed by atoms with Gasteiger partial charge in [0.1, 0.15) is 0 Å². The summed E-state index contributed by atoms with van der Waals surface area (Å²) in [5.41, 5.74) is 7.65. The van der Waals surface area contributed by atoms with Gasteiger partial charge < -0.3 is 10.5 Å². The minimum absolute atomic E-state index is 0.150. The molecule has 3 atom stereocenters. The normalized spacial score (nSPS) is 22.9. The highest BCUT2D eigenvalue weighted by Crippen LogP contribution is 2.31. The molecule has 1 aliphatic heterocycles. The topological polar surface area (TPSA) is 38.5 Å². The van der Waals surface area contributed by atoms with E-state index in [2.05, 4.69) is 24.0 Å². The summed E-state index contributed by atoms with van der Waals surface area (Å²) in [6.45, 7) is 5.14. The lowest BCUT2D eigenvalue weighted by Crippen LogP contribution is -2.40. The second-order valence-corrected chi connectivity index (χ2v) is 6.11. The van der Waals surface area contributed by atoms with Crippen molar-refractivity contribution in [3.05, 3.63) is 34.9 Å². The van der Waals surface area contributed by atoms with Crippen molar-refractivity contribution in [1.29, 1.82) is 0 Å².